The molecule has 0 aliphatic rings. The Balaban J connectivity index is 4.02. The van der Waals surface area contributed by atoms with Crippen LogP contribution in [-0.2, 0) is 14.6 Å². The second-order valence-electron chi connectivity index (χ2n) is 2.00. The van der Waals surface area contributed by atoms with Crippen LogP contribution in [0.25, 0.3) is 0 Å². The predicted molar refractivity (Wildman–Crippen MR) is 38.2 cm³/mol. The fourth-order valence-corrected chi connectivity index (χ4v) is 1.35. The highest BCUT2D eigenvalue weighted by atomic mass is 32.2. The fraction of sp³-hybridized carbons (Fsp3) is 0.667. The molecule has 0 rings (SSSR count). The van der Waals surface area contributed by atoms with E-state index in [1.54, 1.807) is 0 Å². The molecule has 3 nitrogen and oxygen atoms in total. The largest absolute Gasteiger partial charge is 0.303 e. The minimum Gasteiger partial charge on any atom is -0.303 e. The van der Waals surface area contributed by atoms with Gasteiger partial charge in [0, 0.05) is 11.7 Å². The van der Waals surface area contributed by atoms with E-state index in [1.807, 2.05) is 0 Å². The number of sulfone groups is 1. The summed E-state index contributed by atoms with van der Waals surface area (Å²) in [6.07, 6.45) is 0.438. The van der Waals surface area contributed by atoms with Gasteiger partial charge >= 0.3 is 0 Å². The first-order valence-corrected chi connectivity index (χ1v) is 4.75. The van der Waals surface area contributed by atoms with E-state index in [0.717, 1.165) is 0 Å². The van der Waals surface area contributed by atoms with Crippen LogP contribution in [0.15, 0.2) is 0 Å². The van der Waals surface area contributed by atoms with Crippen LogP contribution in [0.5, 0.6) is 0 Å². The molecule has 10 heavy (non-hydrogen) atoms. The highest BCUT2D eigenvalue weighted by Crippen LogP contribution is 1.97. The van der Waals surface area contributed by atoms with Crippen LogP contribution in [0, 0.1) is 12.8 Å². The van der Waals surface area contributed by atoms with Crippen LogP contribution in [0.1, 0.15) is 6.92 Å². The summed E-state index contributed by atoms with van der Waals surface area (Å²) < 4.78 is 21.5. The van der Waals surface area contributed by atoms with Gasteiger partial charge in [0.1, 0.15) is 6.29 Å². The lowest BCUT2D eigenvalue weighted by atomic mass is 10.3. The van der Waals surface area contributed by atoms with Gasteiger partial charge in [0.25, 0.3) is 0 Å². The molecule has 0 heterocycles. The zero-order chi connectivity index (χ0) is 8.20. The summed E-state index contributed by atoms with van der Waals surface area (Å²) in [4.78, 5) is 9.91. The maximum Gasteiger partial charge on any atom is 0.150 e. The van der Waals surface area contributed by atoms with Crippen LogP contribution in [0.4, 0.5) is 0 Å². The first-order chi connectivity index (χ1) is 4.52. The van der Waals surface area contributed by atoms with E-state index in [4.69, 9.17) is 6.92 Å². The van der Waals surface area contributed by atoms with Crippen molar-refractivity contribution < 1.29 is 13.2 Å². The Morgan fingerprint density at radius 1 is 1.60 bits per heavy atom. The van der Waals surface area contributed by atoms with Crippen molar-refractivity contribution in [2.75, 3.05) is 11.5 Å². The molecule has 2 radical (unpaired) electrons. The highest BCUT2D eigenvalue weighted by molar-refractivity contribution is 7.91. The molecule has 0 aromatic heterocycles. The normalized spacial score (nSPS) is 14.6. The van der Waals surface area contributed by atoms with Gasteiger partial charge in [-0.05, 0) is 6.92 Å². The third kappa shape index (κ3) is 3.61. The van der Waals surface area contributed by atoms with E-state index in [1.165, 1.54) is 6.92 Å². The Kier molecular flexibility index (Phi) is 3.57. The van der Waals surface area contributed by atoms with E-state index in [9.17, 15) is 13.2 Å². The maximum atomic E-state index is 10.7. The zero-order valence-electron chi connectivity index (χ0n) is 5.78. The maximum absolute atomic E-state index is 10.7. The minimum atomic E-state index is -3.09. The molecule has 58 valence electrons. The van der Waals surface area contributed by atoms with E-state index < -0.39 is 15.8 Å². The third-order valence-electron chi connectivity index (χ3n) is 1.06. The number of carbonyl (C=O) groups is 1. The lowest BCUT2D eigenvalue weighted by molar-refractivity contribution is -0.109. The van der Waals surface area contributed by atoms with Gasteiger partial charge in [0.05, 0.1) is 5.75 Å². The van der Waals surface area contributed by atoms with Crippen molar-refractivity contribution in [2.45, 2.75) is 6.92 Å². The first-order valence-electron chi connectivity index (χ1n) is 2.93. The summed E-state index contributed by atoms with van der Waals surface area (Å²) in [7, 11) is -3.09. The van der Waals surface area contributed by atoms with Crippen molar-refractivity contribution >= 4 is 16.1 Å². The van der Waals surface area contributed by atoms with Crippen molar-refractivity contribution in [2.24, 2.45) is 5.92 Å². The van der Waals surface area contributed by atoms with Gasteiger partial charge in [-0.1, -0.05) is 6.92 Å². The smallest absolute Gasteiger partial charge is 0.150 e. The molecule has 0 unspecified atom stereocenters. The topological polar surface area (TPSA) is 51.2 Å². The fourth-order valence-electron chi connectivity index (χ4n) is 0.450. The molecule has 0 amide bonds. The summed E-state index contributed by atoms with van der Waals surface area (Å²) in [5, 5.41) is 0. The standard InChI is InChI=1S/C6H10O3S/c1-3-10(8,9)5-6(2)4-7/h2,4,6H,3,5H2,1H3/t6-/m1/s1. The van der Waals surface area contributed by atoms with E-state index in [-0.39, 0.29) is 11.5 Å². The summed E-state index contributed by atoms with van der Waals surface area (Å²) >= 11 is 0. The van der Waals surface area contributed by atoms with E-state index in [2.05, 4.69) is 0 Å². The van der Waals surface area contributed by atoms with Crippen molar-refractivity contribution in [3.8, 4) is 0 Å². The number of rotatable bonds is 4. The monoisotopic (exact) mass is 162 g/mol. The van der Waals surface area contributed by atoms with E-state index in [0.29, 0.717) is 6.29 Å². The van der Waals surface area contributed by atoms with Gasteiger partial charge in [0.15, 0.2) is 9.84 Å². The predicted octanol–water partition coefficient (Wildman–Crippen LogP) is -0.0527. The lowest BCUT2D eigenvalue weighted by Crippen LogP contribution is -2.16. The molecule has 1 atom stereocenters. The molecule has 0 saturated carbocycles. The molecular formula is C6H10O3S. The Morgan fingerprint density at radius 3 is 2.40 bits per heavy atom. The van der Waals surface area contributed by atoms with Crippen LogP contribution in [-0.4, -0.2) is 26.2 Å². The number of hydrogen-bond donors (Lipinski definition) is 0. The number of carbonyl (C=O) groups excluding carboxylic acids is 1. The molecule has 0 aliphatic heterocycles. The summed E-state index contributed by atoms with van der Waals surface area (Å²) in [6.45, 7) is 6.61. The van der Waals surface area contributed by atoms with Crippen molar-refractivity contribution in [1.82, 2.24) is 0 Å². The van der Waals surface area contributed by atoms with Crippen molar-refractivity contribution in [1.29, 1.82) is 0 Å². The van der Waals surface area contributed by atoms with Gasteiger partial charge in [-0.15, -0.1) is 0 Å². The van der Waals surface area contributed by atoms with E-state index >= 15 is 0 Å². The second-order valence-corrected chi connectivity index (χ2v) is 4.40. The van der Waals surface area contributed by atoms with Crippen LogP contribution >= 0.6 is 0 Å². The number of aldehydes is 1. The highest BCUT2D eigenvalue weighted by Gasteiger charge is 2.12. The molecular weight excluding hydrogens is 152 g/mol. The molecule has 0 aromatic rings. The van der Waals surface area contributed by atoms with Crippen molar-refractivity contribution in [3.05, 3.63) is 6.92 Å². The SMILES string of the molecule is [CH][C@H](C=O)CS(=O)(=O)CC. The van der Waals surface area contributed by atoms with Gasteiger partial charge in [-0.2, -0.15) is 0 Å². The van der Waals surface area contributed by atoms with Crippen LogP contribution in [0.3, 0.4) is 0 Å². The lowest BCUT2D eigenvalue weighted by Gasteiger charge is -2.01. The Bertz CT molecular complexity index is 193. The second kappa shape index (κ2) is 3.71. The van der Waals surface area contributed by atoms with Gasteiger partial charge in [-0.25, -0.2) is 8.42 Å². The molecule has 0 aromatic carbocycles. The number of hydrogen-bond acceptors (Lipinski definition) is 3. The average molecular weight is 162 g/mol. The van der Waals surface area contributed by atoms with Crippen LogP contribution < -0.4 is 0 Å². The quantitative estimate of drug-likeness (QED) is 0.544. The Morgan fingerprint density at radius 2 is 2.10 bits per heavy atom. The molecule has 0 spiro atoms. The van der Waals surface area contributed by atoms with Crippen LogP contribution in [0.2, 0.25) is 0 Å². The Hall–Kier alpha value is -0.380. The molecule has 0 fully saturated rings. The first kappa shape index (κ1) is 9.62. The molecule has 0 N–H and O–H groups in total. The molecule has 0 bridgehead atoms. The summed E-state index contributed by atoms with van der Waals surface area (Å²) in [6, 6.07) is 0. The molecule has 0 aliphatic carbocycles. The average Bonchev–Trinajstić information content (AvgIpc) is 1.87. The van der Waals surface area contributed by atoms with Gasteiger partial charge < -0.3 is 4.79 Å². The third-order valence-corrected chi connectivity index (χ3v) is 2.83. The zero-order valence-corrected chi connectivity index (χ0v) is 6.60. The van der Waals surface area contributed by atoms with Gasteiger partial charge in [0.2, 0.25) is 0 Å². The minimum absolute atomic E-state index is 0.0362. The summed E-state index contributed by atoms with van der Waals surface area (Å²) in [5.41, 5.74) is 0. The summed E-state index contributed by atoms with van der Waals surface area (Å²) in [5.74, 6) is -1.08. The van der Waals surface area contributed by atoms with Crippen molar-refractivity contribution in [3.63, 3.8) is 0 Å². The van der Waals surface area contributed by atoms with Gasteiger partial charge in [-0.3, -0.25) is 0 Å². The molecule has 4 heteroatoms. The Labute approximate surface area is 61.4 Å². The molecule has 0 saturated heterocycles.